The number of hydrogen-bond acceptors (Lipinski definition) is 2. The van der Waals surface area contributed by atoms with Crippen LogP contribution in [0.4, 0.5) is 0 Å². The number of carbonyl (C=O) groups excluding carboxylic acids is 2. The summed E-state index contributed by atoms with van der Waals surface area (Å²) in [6, 6.07) is 7.81. The third-order valence-electron chi connectivity index (χ3n) is 5.60. The highest BCUT2D eigenvalue weighted by molar-refractivity contribution is 6.30. The Morgan fingerprint density at radius 2 is 1.77 bits per heavy atom. The molecule has 1 aliphatic carbocycles. The zero-order valence-electron chi connectivity index (χ0n) is 15.4. The molecule has 2 amide bonds. The van der Waals surface area contributed by atoms with Gasteiger partial charge >= 0.3 is 0 Å². The van der Waals surface area contributed by atoms with Crippen LogP contribution in [0.25, 0.3) is 0 Å². The van der Waals surface area contributed by atoms with Crippen LogP contribution in [0.1, 0.15) is 63.4 Å². The van der Waals surface area contributed by atoms with Gasteiger partial charge in [0.25, 0.3) is 0 Å². The van der Waals surface area contributed by atoms with Crippen LogP contribution < -0.4 is 5.32 Å². The lowest BCUT2D eigenvalue weighted by Gasteiger charge is -2.28. The molecule has 2 aliphatic rings. The Kier molecular flexibility index (Phi) is 6.95. The molecule has 1 heterocycles. The number of nitrogens with zero attached hydrogens (tertiary/aromatic N) is 1. The monoisotopic (exact) mass is 376 g/mol. The van der Waals surface area contributed by atoms with Crippen LogP contribution in [0.2, 0.25) is 5.02 Å². The first-order valence-electron chi connectivity index (χ1n) is 9.98. The van der Waals surface area contributed by atoms with E-state index in [4.69, 9.17) is 11.6 Å². The topological polar surface area (TPSA) is 49.4 Å². The van der Waals surface area contributed by atoms with E-state index in [9.17, 15) is 9.59 Å². The summed E-state index contributed by atoms with van der Waals surface area (Å²) in [6.45, 7) is 0.711. The molecule has 142 valence electrons. The van der Waals surface area contributed by atoms with Crippen LogP contribution in [-0.4, -0.2) is 35.3 Å². The second kappa shape index (κ2) is 9.40. The summed E-state index contributed by atoms with van der Waals surface area (Å²) in [5.74, 6) is 0.167. The second-order valence-electron chi connectivity index (χ2n) is 7.57. The number of aryl methyl sites for hydroxylation is 1. The van der Waals surface area contributed by atoms with Gasteiger partial charge in [0.05, 0.1) is 0 Å². The highest BCUT2D eigenvalue weighted by Gasteiger charge is 2.34. The first-order chi connectivity index (χ1) is 12.6. The normalized spacial score (nSPS) is 21.0. The smallest absolute Gasteiger partial charge is 0.243 e. The minimum Gasteiger partial charge on any atom is -0.352 e. The molecule has 26 heavy (non-hydrogen) atoms. The van der Waals surface area contributed by atoms with E-state index in [0.29, 0.717) is 19.0 Å². The van der Waals surface area contributed by atoms with Gasteiger partial charge in [0.15, 0.2) is 0 Å². The van der Waals surface area contributed by atoms with E-state index in [1.165, 1.54) is 24.8 Å². The highest BCUT2D eigenvalue weighted by Crippen LogP contribution is 2.22. The van der Waals surface area contributed by atoms with Crippen LogP contribution in [0.5, 0.6) is 0 Å². The molecule has 0 aromatic heterocycles. The van der Waals surface area contributed by atoms with E-state index < -0.39 is 0 Å². The lowest BCUT2D eigenvalue weighted by Crippen LogP contribution is -2.49. The van der Waals surface area contributed by atoms with Crippen molar-refractivity contribution in [2.24, 2.45) is 0 Å². The Labute approximate surface area is 161 Å². The van der Waals surface area contributed by atoms with Gasteiger partial charge < -0.3 is 10.2 Å². The fourth-order valence-corrected chi connectivity index (χ4v) is 4.25. The Bertz CT molecular complexity index is 611. The van der Waals surface area contributed by atoms with E-state index in [1.807, 2.05) is 24.3 Å². The van der Waals surface area contributed by atoms with E-state index in [0.717, 1.165) is 43.5 Å². The largest absolute Gasteiger partial charge is 0.352 e. The molecule has 5 heteroatoms. The van der Waals surface area contributed by atoms with Crippen LogP contribution >= 0.6 is 11.6 Å². The van der Waals surface area contributed by atoms with Gasteiger partial charge in [0.1, 0.15) is 6.04 Å². The Balaban J connectivity index is 1.46. The van der Waals surface area contributed by atoms with E-state index in [-0.39, 0.29) is 17.9 Å². The quantitative estimate of drug-likeness (QED) is 0.812. The summed E-state index contributed by atoms with van der Waals surface area (Å²) < 4.78 is 0. The van der Waals surface area contributed by atoms with Gasteiger partial charge in [0.2, 0.25) is 11.8 Å². The molecular weight excluding hydrogens is 348 g/mol. The summed E-state index contributed by atoms with van der Waals surface area (Å²) >= 11 is 5.90. The molecule has 1 saturated heterocycles. The number of benzene rings is 1. The van der Waals surface area contributed by atoms with Crippen molar-refractivity contribution in [2.45, 2.75) is 76.3 Å². The second-order valence-corrected chi connectivity index (χ2v) is 8.01. The SMILES string of the molecule is O=C(NC1CCCCC1)[C@@H]1CCCN1C(=O)CCCc1ccc(Cl)cc1. The van der Waals surface area contributed by atoms with Crippen molar-refractivity contribution in [2.75, 3.05) is 6.54 Å². The minimum absolute atomic E-state index is 0.0560. The van der Waals surface area contributed by atoms with E-state index in [2.05, 4.69) is 5.32 Å². The molecule has 0 spiro atoms. The van der Waals surface area contributed by atoms with Crippen molar-refractivity contribution in [1.29, 1.82) is 0 Å². The number of halogens is 1. The average molecular weight is 377 g/mol. The van der Waals surface area contributed by atoms with E-state index in [1.54, 1.807) is 4.90 Å². The number of likely N-dealkylation sites (tertiary alicyclic amines) is 1. The molecular formula is C21H29ClN2O2. The zero-order valence-corrected chi connectivity index (χ0v) is 16.1. The van der Waals surface area contributed by atoms with Crippen molar-refractivity contribution >= 4 is 23.4 Å². The number of hydrogen-bond donors (Lipinski definition) is 1. The average Bonchev–Trinajstić information content (AvgIpc) is 3.14. The molecule has 0 bridgehead atoms. The van der Waals surface area contributed by atoms with Gasteiger partial charge in [-0.25, -0.2) is 0 Å². The van der Waals surface area contributed by atoms with Crippen LogP contribution in [0.15, 0.2) is 24.3 Å². The standard InChI is InChI=1S/C21H29ClN2O2/c22-17-13-11-16(12-14-17)6-4-10-20(25)24-15-5-9-19(24)21(26)23-18-7-2-1-3-8-18/h11-14,18-19H,1-10,15H2,(H,23,26)/t19-/m0/s1. The molecule has 1 aliphatic heterocycles. The van der Waals surface area contributed by atoms with Crippen molar-refractivity contribution in [3.63, 3.8) is 0 Å². The molecule has 3 rings (SSSR count). The van der Waals surface area contributed by atoms with Crippen molar-refractivity contribution in [3.05, 3.63) is 34.9 Å². The predicted octanol–water partition coefficient (Wildman–Crippen LogP) is 4.10. The van der Waals surface area contributed by atoms with E-state index >= 15 is 0 Å². The zero-order chi connectivity index (χ0) is 18.4. The summed E-state index contributed by atoms with van der Waals surface area (Å²) in [5.41, 5.74) is 1.19. The number of rotatable bonds is 6. The first kappa shape index (κ1) is 19.2. The predicted molar refractivity (Wildman–Crippen MR) is 104 cm³/mol. The third kappa shape index (κ3) is 5.23. The van der Waals surface area contributed by atoms with Crippen LogP contribution in [0, 0.1) is 0 Å². The fraction of sp³-hybridized carbons (Fsp3) is 0.619. The van der Waals surface area contributed by atoms with Gasteiger partial charge in [-0.1, -0.05) is 43.0 Å². The number of amides is 2. The molecule has 4 nitrogen and oxygen atoms in total. The molecule has 1 saturated carbocycles. The van der Waals surface area contributed by atoms with Crippen molar-refractivity contribution < 1.29 is 9.59 Å². The Morgan fingerprint density at radius 1 is 1.04 bits per heavy atom. The molecule has 1 atom stereocenters. The summed E-state index contributed by atoms with van der Waals surface area (Å²) in [5, 5.41) is 3.92. The summed E-state index contributed by atoms with van der Waals surface area (Å²) in [4.78, 5) is 27.1. The van der Waals surface area contributed by atoms with Gasteiger partial charge in [-0.3, -0.25) is 9.59 Å². The molecule has 1 aromatic rings. The third-order valence-corrected chi connectivity index (χ3v) is 5.85. The molecule has 2 fully saturated rings. The first-order valence-corrected chi connectivity index (χ1v) is 10.4. The lowest BCUT2D eigenvalue weighted by atomic mass is 9.95. The molecule has 1 aromatic carbocycles. The minimum atomic E-state index is -0.264. The van der Waals surface area contributed by atoms with Crippen molar-refractivity contribution in [1.82, 2.24) is 10.2 Å². The maximum absolute atomic E-state index is 12.6. The van der Waals surface area contributed by atoms with Crippen LogP contribution in [0.3, 0.4) is 0 Å². The number of carbonyl (C=O) groups is 2. The number of nitrogens with one attached hydrogen (secondary N) is 1. The summed E-state index contributed by atoms with van der Waals surface area (Å²) in [6.07, 6.45) is 9.69. The van der Waals surface area contributed by atoms with Gasteiger partial charge in [-0.2, -0.15) is 0 Å². The highest BCUT2D eigenvalue weighted by atomic mass is 35.5. The maximum atomic E-state index is 12.6. The van der Waals surface area contributed by atoms with Gasteiger partial charge in [0, 0.05) is 24.0 Å². The molecule has 0 unspecified atom stereocenters. The van der Waals surface area contributed by atoms with Gasteiger partial charge in [-0.15, -0.1) is 0 Å². The Morgan fingerprint density at radius 3 is 2.50 bits per heavy atom. The lowest BCUT2D eigenvalue weighted by molar-refractivity contribution is -0.138. The van der Waals surface area contributed by atoms with Crippen molar-refractivity contribution in [3.8, 4) is 0 Å². The van der Waals surface area contributed by atoms with Crippen LogP contribution in [-0.2, 0) is 16.0 Å². The maximum Gasteiger partial charge on any atom is 0.243 e. The fourth-order valence-electron chi connectivity index (χ4n) is 4.12. The Hall–Kier alpha value is -1.55. The summed E-state index contributed by atoms with van der Waals surface area (Å²) in [7, 11) is 0. The molecule has 1 N–H and O–H groups in total. The van der Waals surface area contributed by atoms with Gasteiger partial charge in [-0.05, 0) is 56.2 Å². The molecule has 0 radical (unpaired) electrons.